The van der Waals surface area contributed by atoms with Gasteiger partial charge in [0.1, 0.15) is 11.4 Å². The van der Waals surface area contributed by atoms with Gasteiger partial charge in [-0.1, -0.05) is 12.1 Å². The second-order valence-electron chi connectivity index (χ2n) is 6.64. The van der Waals surface area contributed by atoms with E-state index in [0.717, 1.165) is 6.42 Å². The minimum atomic E-state index is -0.520. The number of carbonyl (C=O) groups excluding carboxylic acids is 1. The first-order chi connectivity index (χ1) is 10.2. The van der Waals surface area contributed by atoms with Crippen molar-refractivity contribution >= 4 is 22.0 Å². The largest absolute Gasteiger partial charge is 0.444 e. The average molecular weight is 373 g/mol. The van der Waals surface area contributed by atoms with Crippen LogP contribution in [-0.4, -0.2) is 29.7 Å². The SMILES string of the molecule is CC(C)(C)OC(=O)N1CCC(C(N)c2cccc(Br)c2F)C1. The standard InChI is InChI=1S/C16H22BrFN2O2/c1-16(2,3)22-15(21)20-8-7-10(9-20)14(19)11-5-4-6-12(17)13(11)18/h4-6,10,14H,7-9,19H2,1-3H3. The molecule has 1 heterocycles. The van der Waals surface area contributed by atoms with Crippen LogP contribution >= 0.6 is 15.9 Å². The molecule has 4 nitrogen and oxygen atoms in total. The summed E-state index contributed by atoms with van der Waals surface area (Å²) in [5.41, 5.74) is 6.18. The van der Waals surface area contributed by atoms with Crippen LogP contribution in [0.5, 0.6) is 0 Å². The van der Waals surface area contributed by atoms with E-state index in [0.29, 0.717) is 23.1 Å². The molecule has 122 valence electrons. The van der Waals surface area contributed by atoms with Gasteiger partial charge in [-0.3, -0.25) is 0 Å². The molecule has 1 saturated heterocycles. The minimum absolute atomic E-state index is 0.0244. The summed E-state index contributed by atoms with van der Waals surface area (Å²) in [6.45, 7) is 6.58. The summed E-state index contributed by atoms with van der Waals surface area (Å²) in [6.07, 6.45) is 0.406. The maximum absolute atomic E-state index is 14.2. The molecular weight excluding hydrogens is 351 g/mol. The monoisotopic (exact) mass is 372 g/mol. The second-order valence-corrected chi connectivity index (χ2v) is 7.50. The molecule has 2 rings (SSSR count). The molecule has 1 amide bonds. The van der Waals surface area contributed by atoms with E-state index >= 15 is 0 Å². The van der Waals surface area contributed by atoms with Gasteiger partial charge >= 0.3 is 6.09 Å². The number of benzene rings is 1. The Morgan fingerprint density at radius 3 is 2.82 bits per heavy atom. The molecule has 0 bridgehead atoms. The van der Waals surface area contributed by atoms with Crippen molar-refractivity contribution in [1.29, 1.82) is 0 Å². The Bertz CT molecular complexity index is 560. The van der Waals surface area contributed by atoms with Gasteiger partial charge in [0, 0.05) is 24.7 Å². The van der Waals surface area contributed by atoms with E-state index in [9.17, 15) is 9.18 Å². The maximum atomic E-state index is 14.2. The van der Waals surface area contributed by atoms with Gasteiger partial charge in [0.05, 0.1) is 4.47 Å². The van der Waals surface area contributed by atoms with Crippen molar-refractivity contribution in [3.63, 3.8) is 0 Å². The summed E-state index contributed by atoms with van der Waals surface area (Å²) in [5, 5.41) is 0. The van der Waals surface area contributed by atoms with E-state index in [1.807, 2.05) is 20.8 Å². The third-order valence-corrected chi connectivity index (χ3v) is 4.34. The smallest absolute Gasteiger partial charge is 0.410 e. The van der Waals surface area contributed by atoms with E-state index in [1.165, 1.54) is 0 Å². The fourth-order valence-electron chi connectivity index (χ4n) is 2.60. The minimum Gasteiger partial charge on any atom is -0.444 e. The van der Waals surface area contributed by atoms with Gasteiger partial charge in [0.2, 0.25) is 0 Å². The first-order valence-electron chi connectivity index (χ1n) is 7.36. The fourth-order valence-corrected chi connectivity index (χ4v) is 2.99. The fraction of sp³-hybridized carbons (Fsp3) is 0.562. The molecule has 2 unspecified atom stereocenters. The van der Waals surface area contributed by atoms with Crippen LogP contribution < -0.4 is 5.73 Å². The van der Waals surface area contributed by atoms with Crippen LogP contribution in [0.4, 0.5) is 9.18 Å². The van der Waals surface area contributed by atoms with Gasteiger partial charge in [0.15, 0.2) is 0 Å². The average Bonchev–Trinajstić information content (AvgIpc) is 2.89. The summed E-state index contributed by atoms with van der Waals surface area (Å²) < 4.78 is 19.9. The van der Waals surface area contributed by atoms with E-state index in [2.05, 4.69) is 15.9 Å². The molecular formula is C16H22BrFN2O2. The highest BCUT2D eigenvalue weighted by atomic mass is 79.9. The molecule has 22 heavy (non-hydrogen) atoms. The number of amides is 1. The lowest BCUT2D eigenvalue weighted by Gasteiger charge is -2.25. The number of halogens is 2. The van der Waals surface area contributed by atoms with Crippen LogP contribution in [-0.2, 0) is 4.74 Å². The molecule has 0 saturated carbocycles. The summed E-state index contributed by atoms with van der Waals surface area (Å²) in [5.74, 6) is -0.304. The summed E-state index contributed by atoms with van der Waals surface area (Å²) in [4.78, 5) is 13.7. The number of rotatable bonds is 2. The summed E-state index contributed by atoms with van der Waals surface area (Å²) in [6, 6.07) is 4.67. The lowest BCUT2D eigenvalue weighted by molar-refractivity contribution is 0.0286. The lowest BCUT2D eigenvalue weighted by Crippen LogP contribution is -2.36. The topological polar surface area (TPSA) is 55.6 Å². The van der Waals surface area contributed by atoms with Crippen LogP contribution in [0.25, 0.3) is 0 Å². The zero-order valence-corrected chi connectivity index (χ0v) is 14.7. The van der Waals surface area contributed by atoms with Crippen LogP contribution in [0.3, 0.4) is 0 Å². The van der Waals surface area contributed by atoms with Gasteiger partial charge in [0.25, 0.3) is 0 Å². The number of hydrogen-bond acceptors (Lipinski definition) is 3. The van der Waals surface area contributed by atoms with Crippen molar-refractivity contribution in [2.45, 2.75) is 38.8 Å². The molecule has 2 N–H and O–H groups in total. The molecule has 1 fully saturated rings. The third kappa shape index (κ3) is 3.98. The summed E-state index contributed by atoms with van der Waals surface area (Å²) in [7, 11) is 0. The van der Waals surface area contributed by atoms with Crippen molar-refractivity contribution in [3.05, 3.63) is 34.1 Å². The normalized spacial score (nSPS) is 20.1. The zero-order chi connectivity index (χ0) is 16.5. The van der Waals surface area contributed by atoms with Crippen molar-refractivity contribution in [1.82, 2.24) is 4.90 Å². The first-order valence-corrected chi connectivity index (χ1v) is 8.16. The Morgan fingerprint density at radius 2 is 2.18 bits per heavy atom. The van der Waals surface area contributed by atoms with Crippen molar-refractivity contribution < 1.29 is 13.9 Å². The Balaban J connectivity index is 2.04. The molecule has 0 radical (unpaired) electrons. The number of nitrogens with two attached hydrogens (primary N) is 1. The number of hydrogen-bond donors (Lipinski definition) is 1. The van der Waals surface area contributed by atoms with E-state index in [1.54, 1.807) is 23.1 Å². The number of likely N-dealkylation sites (tertiary alicyclic amines) is 1. The Hall–Kier alpha value is -1.14. The Labute approximate surface area is 138 Å². The molecule has 0 aromatic heterocycles. The van der Waals surface area contributed by atoms with E-state index in [-0.39, 0.29) is 17.8 Å². The molecule has 1 aliphatic heterocycles. The van der Waals surface area contributed by atoms with Gasteiger partial charge in [-0.05, 0) is 55.1 Å². The van der Waals surface area contributed by atoms with Gasteiger partial charge in [-0.2, -0.15) is 0 Å². The molecule has 1 aromatic carbocycles. The molecule has 2 atom stereocenters. The highest BCUT2D eigenvalue weighted by Gasteiger charge is 2.34. The van der Waals surface area contributed by atoms with Gasteiger partial charge < -0.3 is 15.4 Å². The van der Waals surface area contributed by atoms with Gasteiger partial charge in [-0.15, -0.1) is 0 Å². The van der Waals surface area contributed by atoms with E-state index in [4.69, 9.17) is 10.5 Å². The highest BCUT2D eigenvalue weighted by molar-refractivity contribution is 9.10. The molecule has 0 aliphatic carbocycles. The number of carbonyl (C=O) groups is 1. The van der Waals surface area contributed by atoms with Gasteiger partial charge in [-0.25, -0.2) is 9.18 Å². The second kappa shape index (κ2) is 6.54. The quantitative estimate of drug-likeness (QED) is 0.857. The predicted octanol–water partition coefficient (Wildman–Crippen LogP) is 3.85. The highest BCUT2D eigenvalue weighted by Crippen LogP contribution is 2.32. The van der Waals surface area contributed by atoms with Crippen LogP contribution in [0.2, 0.25) is 0 Å². The first kappa shape index (κ1) is 17.2. The lowest BCUT2D eigenvalue weighted by atomic mass is 9.93. The maximum Gasteiger partial charge on any atom is 0.410 e. The third-order valence-electron chi connectivity index (χ3n) is 3.72. The van der Waals surface area contributed by atoms with Crippen LogP contribution in [0, 0.1) is 11.7 Å². The number of nitrogens with zero attached hydrogens (tertiary/aromatic N) is 1. The Morgan fingerprint density at radius 1 is 1.50 bits per heavy atom. The van der Waals surface area contributed by atoms with Crippen molar-refractivity contribution in [2.75, 3.05) is 13.1 Å². The van der Waals surface area contributed by atoms with Crippen molar-refractivity contribution in [2.24, 2.45) is 11.7 Å². The van der Waals surface area contributed by atoms with Crippen molar-refractivity contribution in [3.8, 4) is 0 Å². The molecule has 1 aliphatic rings. The molecule has 6 heteroatoms. The van der Waals surface area contributed by atoms with Crippen LogP contribution in [0.1, 0.15) is 38.8 Å². The Kier molecular flexibility index (Phi) is 5.12. The predicted molar refractivity (Wildman–Crippen MR) is 86.9 cm³/mol. The summed E-state index contributed by atoms with van der Waals surface area (Å²) >= 11 is 3.18. The van der Waals surface area contributed by atoms with Crippen LogP contribution in [0.15, 0.2) is 22.7 Å². The number of ether oxygens (including phenoxy) is 1. The van der Waals surface area contributed by atoms with E-state index < -0.39 is 11.6 Å². The molecule has 0 spiro atoms. The zero-order valence-electron chi connectivity index (χ0n) is 13.1. The molecule has 1 aromatic rings.